The highest BCUT2D eigenvalue weighted by Gasteiger charge is 2.29. The summed E-state index contributed by atoms with van der Waals surface area (Å²) in [5, 5.41) is 7.40. The van der Waals surface area contributed by atoms with Crippen LogP contribution in [0.15, 0.2) is 59.4 Å². The summed E-state index contributed by atoms with van der Waals surface area (Å²) in [5.74, 6) is -0.363. The molecule has 0 saturated heterocycles. The number of nitrogens with zero attached hydrogens (tertiary/aromatic N) is 5. The van der Waals surface area contributed by atoms with Gasteiger partial charge in [-0.3, -0.25) is 0 Å². The maximum absolute atomic E-state index is 14.2. The molecule has 10 heteroatoms. The average Bonchev–Trinajstić information content (AvgIpc) is 3.21. The fourth-order valence-electron chi connectivity index (χ4n) is 3.85. The third-order valence-corrected chi connectivity index (χ3v) is 5.26. The van der Waals surface area contributed by atoms with Gasteiger partial charge in [-0.1, -0.05) is 30.3 Å². The van der Waals surface area contributed by atoms with Crippen molar-refractivity contribution in [2.24, 2.45) is 5.73 Å². The molecule has 2 aromatic heterocycles. The molecule has 1 aliphatic heterocycles. The van der Waals surface area contributed by atoms with Crippen molar-refractivity contribution in [1.82, 2.24) is 24.6 Å². The van der Waals surface area contributed by atoms with Crippen molar-refractivity contribution in [3.63, 3.8) is 0 Å². The molecule has 156 valence electrons. The number of para-hydroxylation sites is 1. The lowest BCUT2D eigenvalue weighted by Crippen LogP contribution is -2.51. The van der Waals surface area contributed by atoms with E-state index in [-0.39, 0.29) is 17.9 Å². The Morgan fingerprint density at radius 3 is 2.61 bits per heavy atom. The summed E-state index contributed by atoms with van der Waals surface area (Å²) < 4.78 is 15.4. The molecular formula is C21H18FN7O2. The fourth-order valence-corrected chi connectivity index (χ4v) is 3.85. The molecule has 0 fully saturated rings. The molecule has 9 nitrogen and oxygen atoms in total. The van der Waals surface area contributed by atoms with Crippen LogP contribution in [0.5, 0.6) is 0 Å². The number of urea groups is 1. The molecule has 0 radical (unpaired) electrons. The molecule has 0 bridgehead atoms. The zero-order valence-electron chi connectivity index (χ0n) is 16.3. The molecule has 2 amide bonds. The topological polar surface area (TPSA) is 113 Å². The predicted octanol–water partition coefficient (Wildman–Crippen LogP) is 2.08. The van der Waals surface area contributed by atoms with Gasteiger partial charge in [-0.15, -0.1) is 5.10 Å². The van der Waals surface area contributed by atoms with E-state index in [4.69, 9.17) is 5.73 Å². The van der Waals surface area contributed by atoms with Crippen LogP contribution in [0.1, 0.15) is 11.3 Å². The zero-order valence-corrected chi connectivity index (χ0v) is 16.3. The molecule has 5 rings (SSSR count). The van der Waals surface area contributed by atoms with Gasteiger partial charge in [0.05, 0.1) is 11.3 Å². The minimum absolute atomic E-state index is 0.115. The molecule has 3 N–H and O–H groups in total. The third kappa shape index (κ3) is 3.22. The summed E-state index contributed by atoms with van der Waals surface area (Å²) in [7, 11) is 0. The number of hydrogen-bond acceptors (Lipinski definition) is 5. The minimum atomic E-state index is -0.622. The number of aromatic nitrogens is 4. The van der Waals surface area contributed by atoms with Crippen LogP contribution < -0.4 is 16.4 Å². The predicted molar refractivity (Wildman–Crippen MR) is 112 cm³/mol. The summed E-state index contributed by atoms with van der Waals surface area (Å²) in [4.78, 5) is 32.1. The number of anilines is 1. The Bertz CT molecular complexity index is 1350. The second-order valence-electron chi connectivity index (χ2n) is 7.16. The Hall–Kier alpha value is -4.05. The van der Waals surface area contributed by atoms with Crippen molar-refractivity contribution in [1.29, 1.82) is 0 Å². The van der Waals surface area contributed by atoms with E-state index in [0.29, 0.717) is 35.6 Å². The van der Waals surface area contributed by atoms with Crippen LogP contribution in [0, 0.1) is 5.82 Å². The van der Waals surface area contributed by atoms with Gasteiger partial charge in [-0.2, -0.15) is 4.52 Å². The van der Waals surface area contributed by atoms with E-state index in [9.17, 15) is 14.0 Å². The van der Waals surface area contributed by atoms with Crippen molar-refractivity contribution in [2.45, 2.75) is 13.0 Å². The molecule has 0 aliphatic carbocycles. The molecule has 0 spiro atoms. The summed E-state index contributed by atoms with van der Waals surface area (Å²) in [6.45, 7) is 0.730. The highest BCUT2D eigenvalue weighted by atomic mass is 19.1. The molecule has 0 unspecified atom stereocenters. The molecule has 4 aromatic rings. The second kappa shape index (κ2) is 7.33. The highest BCUT2D eigenvalue weighted by molar-refractivity contribution is 5.89. The van der Waals surface area contributed by atoms with Crippen LogP contribution in [0.4, 0.5) is 14.9 Å². The molecule has 2 aromatic carbocycles. The van der Waals surface area contributed by atoms with Crippen molar-refractivity contribution in [3.8, 4) is 11.4 Å². The zero-order chi connectivity index (χ0) is 21.5. The van der Waals surface area contributed by atoms with Crippen molar-refractivity contribution in [3.05, 3.63) is 82.2 Å². The molecule has 3 heterocycles. The van der Waals surface area contributed by atoms with Gasteiger partial charge in [0, 0.05) is 30.8 Å². The van der Waals surface area contributed by atoms with E-state index in [2.05, 4.69) is 15.1 Å². The monoisotopic (exact) mass is 419 g/mol. The van der Waals surface area contributed by atoms with E-state index in [1.807, 2.05) is 18.2 Å². The maximum atomic E-state index is 14.2. The molecule has 0 atom stereocenters. The molecule has 0 saturated carbocycles. The fraction of sp³-hybridized carbons (Fsp3) is 0.143. The Kier molecular flexibility index (Phi) is 4.48. The third-order valence-electron chi connectivity index (χ3n) is 5.26. The van der Waals surface area contributed by atoms with Crippen molar-refractivity contribution >= 4 is 17.4 Å². The van der Waals surface area contributed by atoms with Gasteiger partial charge in [-0.25, -0.2) is 29.0 Å². The number of fused-ring (bicyclic) bond motifs is 3. The van der Waals surface area contributed by atoms with Crippen LogP contribution in [-0.2, 0) is 13.0 Å². The first-order valence-corrected chi connectivity index (χ1v) is 9.68. The number of carbonyl (C=O) groups is 1. The Labute approximate surface area is 175 Å². The number of hydrogen-bond donors (Lipinski definition) is 2. The van der Waals surface area contributed by atoms with E-state index < -0.39 is 17.5 Å². The summed E-state index contributed by atoms with van der Waals surface area (Å²) in [5.41, 5.74) is 7.77. The first kappa shape index (κ1) is 18.9. The lowest BCUT2D eigenvalue weighted by molar-refractivity contribution is 0.207. The normalized spacial score (nSPS) is 13.8. The van der Waals surface area contributed by atoms with E-state index in [0.717, 1.165) is 4.52 Å². The standard InChI is InChI=1S/C21H18FN7O2/c22-16-9-5-4-8-14(16)18-25-19-15-12-27(11-10-17(15)24-21(31)28(19)26-18)29(20(23)30)13-6-2-1-3-7-13/h1-9H,10-12H2,(H2,23,30)(H,24,31). The van der Waals surface area contributed by atoms with Gasteiger partial charge in [0.15, 0.2) is 11.5 Å². The van der Waals surface area contributed by atoms with E-state index in [1.165, 1.54) is 11.1 Å². The molecule has 1 aliphatic rings. The van der Waals surface area contributed by atoms with Gasteiger partial charge in [0.25, 0.3) is 0 Å². The van der Waals surface area contributed by atoms with Gasteiger partial charge in [0.1, 0.15) is 5.82 Å². The number of rotatable bonds is 3. The van der Waals surface area contributed by atoms with Gasteiger partial charge >= 0.3 is 11.7 Å². The average molecular weight is 419 g/mol. The number of carbonyl (C=O) groups excluding carboxylic acids is 1. The van der Waals surface area contributed by atoms with E-state index in [1.54, 1.807) is 35.3 Å². The lowest BCUT2D eigenvalue weighted by Gasteiger charge is -2.36. The SMILES string of the molecule is NC(=O)N(c1ccccc1)N1CCc2[nH]c(=O)n3nc(-c4ccccc4F)nc3c2C1. The molecule has 31 heavy (non-hydrogen) atoms. The van der Waals surface area contributed by atoms with Gasteiger partial charge in [0.2, 0.25) is 0 Å². The number of primary amides is 1. The number of H-pyrrole nitrogens is 1. The highest BCUT2D eigenvalue weighted by Crippen LogP contribution is 2.26. The second-order valence-corrected chi connectivity index (χ2v) is 7.16. The number of nitrogens with two attached hydrogens (primary N) is 1. The van der Waals surface area contributed by atoms with Crippen LogP contribution in [0.25, 0.3) is 17.0 Å². The van der Waals surface area contributed by atoms with Crippen LogP contribution in [0.2, 0.25) is 0 Å². The number of aromatic amines is 1. The van der Waals surface area contributed by atoms with Gasteiger partial charge in [-0.05, 0) is 24.3 Å². The van der Waals surface area contributed by atoms with Gasteiger partial charge < -0.3 is 10.7 Å². The Morgan fingerprint density at radius 2 is 1.87 bits per heavy atom. The van der Waals surface area contributed by atoms with E-state index >= 15 is 0 Å². The Morgan fingerprint density at radius 1 is 1.13 bits per heavy atom. The summed E-state index contributed by atoms with van der Waals surface area (Å²) in [6.07, 6.45) is 0.472. The number of hydrazine groups is 1. The lowest BCUT2D eigenvalue weighted by atomic mass is 10.1. The first-order chi connectivity index (χ1) is 15.0. The number of benzene rings is 2. The van der Waals surface area contributed by atoms with Crippen molar-refractivity contribution in [2.75, 3.05) is 11.6 Å². The Balaban J connectivity index is 1.60. The maximum Gasteiger partial charge on any atom is 0.348 e. The smallest absolute Gasteiger partial charge is 0.348 e. The number of amides is 2. The largest absolute Gasteiger partial charge is 0.350 e. The summed E-state index contributed by atoms with van der Waals surface area (Å²) in [6, 6.07) is 14.6. The quantitative estimate of drug-likeness (QED) is 0.528. The van der Waals surface area contributed by atoms with Crippen LogP contribution in [0.3, 0.4) is 0 Å². The molecular weight excluding hydrogens is 401 g/mol. The first-order valence-electron chi connectivity index (χ1n) is 9.68. The summed E-state index contributed by atoms with van der Waals surface area (Å²) >= 11 is 0. The number of halogens is 1. The van der Waals surface area contributed by atoms with Crippen LogP contribution >= 0.6 is 0 Å². The number of nitrogens with one attached hydrogen (secondary N) is 1. The van der Waals surface area contributed by atoms with Crippen LogP contribution in [-0.4, -0.2) is 37.2 Å². The van der Waals surface area contributed by atoms with Crippen molar-refractivity contribution < 1.29 is 9.18 Å². The minimum Gasteiger partial charge on any atom is -0.350 e.